The maximum atomic E-state index is 13.4. The Hall–Kier alpha value is -2.51. The van der Waals surface area contributed by atoms with E-state index >= 15 is 0 Å². The molecule has 1 amide bonds. The number of anilines is 1. The van der Waals surface area contributed by atoms with Crippen LogP contribution in [-0.4, -0.2) is 34.5 Å². The summed E-state index contributed by atoms with van der Waals surface area (Å²) in [5, 5.41) is 3.56. The highest BCUT2D eigenvalue weighted by molar-refractivity contribution is 7.18. The summed E-state index contributed by atoms with van der Waals surface area (Å²) >= 11 is 1.52. The van der Waals surface area contributed by atoms with E-state index in [1.54, 1.807) is 6.92 Å². The van der Waals surface area contributed by atoms with Gasteiger partial charge in [0.1, 0.15) is 16.7 Å². The van der Waals surface area contributed by atoms with Crippen LogP contribution in [0.3, 0.4) is 0 Å². The largest absolute Gasteiger partial charge is 0.324 e. The molecule has 0 aliphatic rings. The first kappa shape index (κ1) is 20.2. The van der Waals surface area contributed by atoms with Gasteiger partial charge in [-0.15, -0.1) is 11.3 Å². The first-order chi connectivity index (χ1) is 13.2. The maximum absolute atomic E-state index is 13.4. The molecule has 2 aromatic heterocycles. The van der Waals surface area contributed by atoms with Crippen LogP contribution in [0, 0.1) is 20.8 Å². The van der Waals surface area contributed by atoms with Gasteiger partial charge in [-0.1, -0.05) is 18.2 Å². The fourth-order valence-corrected chi connectivity index (χ4v) is 4.25. The summed E-state index contributed by atoms with van der Waals surface area (Å²) in [6.07, 6.45) is 0. The van der Waals surface area contributed by atoms with Crippen molar-refractivity contribution in [2.24, 2.45) is 0 Å². The zero-order valence-electron chi connectivity index (χ0n) is 17.2. The molecule has 0 spiro atoms. The summed E-state index contributed by atoms with van der Waals surface area (Å²) in [6.45, 7) is 8.09. The number of aryl methyl sites for hydroxylation is 3. The molecule has 148 valence electrons. The highest BCUT2D eigenvalue weighted by Gasteiger charge is 2.24. The van der Waals surface area contributed by atoms with Crippen molar-refractivity contribution >= 4 is 33.1 Å². The van der Waals surface area contributed by atoms with Gasteiger partial charge in [0.05, 0.1) is 11.9 Å². The Kier molecular flexibility index (Phi) is 5.67. The van der Waals surface area contributed by atoms with E-state index in [0.29, 0.717) is 17.8 Å². The SMILES string of the molecule is Cc1ccccc1NC(=O)C(C)n1c(CN(C)C)nc2sc(C)c(C)c2c1=O. The topological polar surface area (TPSA) is 67.2 Å². The van der Waals surface area contributed by atoms with Gasteiger partial charge in [-0.05, 0) is 59.0 Å². The second-order valence-electron chi connectivity index (χ2n) is 7.38. The normalized spacial score (nSPS) is 12.5. The highest BCUT2D eigenvalue weighted by atomic mass is 32.1. The van der Waals surface area contributed by atoms with Crippen molar-refractivity contribution < 1.29 is 4.79 Å². The van der Waals surface area contributed by atoms with Crippen molar-refractivity contribution in [2.45, 2.75) is 40.3 Å². The van der Waals surface area contributed by atoms with Gasteiger partial charge in [0.2, 0.25) is 5.91 Å². The number of hydrogen-bond donors (Lipinski definition) is 1. The molecule has 0 bridgehead atoms. The van der Waals surface area contributed by atoms with Gasteiger partial charge in [0.15, 0.2) is 0 Å². The third-order valence-electron chi connectivity index (χ3n) is 4.94. The lowest BCUT2D eigenvalue weighted by Crippen LogP contribution is -2.36. The van der Waals surface area contributed by atoms with E-state index in [-0.39, 0.29) is 11.5 Å². The van der Waals surface area contributed by atoms with Crippen LogP contribution in [0.2, 0.25) is 0 Å². The van der Waals surface area contributed by atoms with E-state index in [9.17, 15) is 9.59 Å². The Morgan fingerprint density at radius 2 is 1.93 bits per heavy atom. The van der Waals surface area contributed by atoms with Gasteiger partial charge >= 0.3 is 0 Å². The van der Waals surface area contributed by atoms with Crippen LogP contribution >= 0.6 is 11.3 Å². The van der Waals surface area contributed by atoms with E-state index in [1.807, 2.05) is 64.0 Å². The molecular weight excluding hydrogens is 372 g/mol. The zero-order valence-corrected chi connectivity index (χ0v) is 18.0. The Morgan fingerprint density at radius 3 is 2.57 bits per heavy atom. The van der Waals surface area contributed by atoms with Crippen molar-refractivity contribution in [3.8, 4) is 0 Å². The molecule has 7 heteroatoms. The molecule has 0 fully saturated rings. The number of hydrogen-bond acceptors (Lipinski definition) is 5. The molecule has 0 saturated heterocycles. The van der Waals surface area contributed by atoms with Gasteiger partial charge in [-0.25, -0.2) is 4.98 Å². The quantitative estimate of drug-likeness (QED) is 0.712. The maximum Gasteiger partial charge on any atom is 0.263 e. The minimum absolute atomic E-state index is 0.156. The average Bonchev–Trinajstić information content (AvgIpc) is 2.90. The van der Waals surface area contributed by atoms with Crippen LogP contribution < -0.4 is 10.9 Å². The molecule has 28 heavy (non-hydrogen) atoms. The number of nitrogens with one attached hydrogen (secondary N) is 1. The zero-order chi connectivity index (χ0) is 20.6. The molecule has 0 saturated carbocycles. The number of aromatic nitrogens is 2. The molecule has 0 radical (unpaired) electrons. The van der Waals surface area contributed by atoms with Crippen LogP contribution in [0.25, 0.3) is 10.2 Å². The monoisotopic (exact) mass is 398 g/mol. The Labute approximate surface area is 168 Å². The van der Waals surface area contributed by atoms with Crippen molar-refractivity contribution in [3.63, 3.8) is 0 Å². The molecule has 0 aliphatic heterocycles. The summed E-state index contributed by atoms with van der Waals surface area (Å²) in [7, 11) is 3.84. The molecule has 3 rings (SSSR count). The smallest absolute Gasteiger partial charge is 0.263 e. The number of amides is 1. The van der Waals surface area contributed by atoms with Gasteiger partial charge in [-0.2, -0.15) is 0 Å². The number of carbonyl (C=O) groups excluding carboxylic acids is 1. The number of rotatable bonds is 5. The van der Waals surface area contributed by atoms with E-state index in [2.05, 4.69) is 5.32 Å². The Bertz CT molecular complexity index is 1100. The molecule has 1 aromatic carbocycles. The molecule has 0 aliphatic carbocycles. The molecule has 2 heterocycles. The minimum Gasteiger partial charge on any atom is -0.324 e. The van der Waals surface area contributed by atoms with Gasteiger partial charge in [0.25, 0.3) is 5.56 Å². The van der Waals surface area contributed by atoms with Crippen LogP contribution in [0.15, 0.2) is 29.1 Å². The van der Waals surface area contributed by atoms with E-state index in [4.69, 9.17) is 4.98 Å². The van der Waals surface area contributed by atoms with Gasteiger partial charge in [-0.3, -0.25) is 14.2 Å². The summed E-state index contributed by atoms with van der Waals surface area (Å²) in [5.41, 5.74) is 2.50. The van der Waals surface area contributed by atoms with Gasteiger partial charge in [0, 0.05) is 10.6 Å². The summed E-state index contributed by atoms with van der Waals surface area (Å²) < 4.78 is 1.54. The lowest BCUT2D eigenvalue weighted by Gasteiger charge is -2.21. The van der Waals surface area contributed by atoms with E-state index in [0.717, 1.165) is 26.5 Å². The lowest BCUT2D eigenvalue weighted by molar-refractivity contribution is -0.119. The molecule has 3 aromatic rings. The van der Waals surface area contributed by atoms with Crippen molar-refractivity contribution in [1.29, 1.82) is 0 Å². The molecule has 1 N–H and O–H groups in total. The number of benzene rings is 1. The lowest BCUT2D eigenvalue weighted by atomic mass is 10.2. The minimum atomic E-state index is -0.682. The Balaban J connectivity index is 2.10. The first-order valence-corrected chi connectivity index (χ1v) is 10.0. The third kappa shape index (κ3) is 3.72. The second kappa shape index (κ2) is 7.85. The predicted molar refractivity (Wildman–Crippen MR) is 115 cm³/mol. The first-order valence-electron chi connectivity index (χ1n) is 9.23. The number of fused-ring (bicyclic) bond motifs is 1. The van der Waals surface area contributed by atoms with Crippen molar-refractivity contribution in [2.75, 3.05) is 19.4 Å². The fraction of sp³-hybridized carbons (Fsp3) is 0.381. The van der Waals surface area contributed by atoms with Crippen LogP contribution in [-0.2, 0) is 11.3 Å². The summed E-state index contributed by atoms with van der Waals surface area (Å²) in [6, 6.07) is 6.92. The average molecular weight is 399 g/mol. The van der Waals surface area contributed by atoms with E-state index in [1.165, 1.54) is 15.9 Å². The molecule has 1 atom stereocenters. The third-order valence-corrected chi connectivity index (χ3v) is 6.04. The standard InChI is InChI=1S/C21H26N4O2S/c1-12-9-7-8-10-16(12)22-19(26)14(3)25-17(11-24(5)6)23-20-18(21(25)27)13(2)15(4)28-20/h7-10,14H,11H2,1-6H3,(H,22,26). The fourth-order valence-electron chi connectivity index (χ4n) is 3.21. The van der Waals surface area contributed by atoms with E-state index < -0.39 is 6.04 Å². The summed E-state index contributed by atoms with van der Waals surface area (Å²) in [4.78, 5) is 34.8. The molecular formula is C21H26N4O2S. The number of nitrogens with zero attached hydrogens (tertiary/aromatic N) is 3. The van der Waals surface area contributed by atoms with Crippen LogP contribution in [0.5, 0.6) is 0 Å². The van der Waals surface area contributed by atoms with Crippen molar-refractivity contribution in [1.82, 2.24) is 14.5 Å². The molecule has 1 unspecified atom stereocenters. The van der Waals surface area contributed by atoms with Crippen molar-refractivity contribution in [3.05, 3.63) is 56.4 Å². The number of carbonyl (C=O) groups is 1. The molecule has 6 nitrogen and oxygen atoms in total. The van der Waals surface area contributed by atoms with Gasteiger partial charge < -0.3 is 10.2 Å². The highest BCUT2D eigenvalue weighted by Crippen LogP contribution is 2.27. The Morgan fingerprint density at radius 1 is 1.25 bits per heavy atom. The number of thiophene rings is 1. The van der Waals surface area contributed by atoms with Crippen LogP contribution in [0.1, 0.15) is 34.8 Å². The van der Waals surface area contributed by atoms with Crippen LogP contribution in [0.4, 0.5) is 5.69 Å². The second-order valence-corrected chi connectivity index (χ2v) is 8.59. The number of para-hydroxylation sites is 1. The summed E-state index contributed by atoms with van der Waals surface area (Å²) in [5.74, 6) is 0.360. The predicted octanol–water partition coefficient (Wildman–Crippen LogP) is 3.64.